The van der Waals surface area contributed by atoms with Gasteiger partial charge in [-0.15, -0.1) is 0 Å². The van der Waals surface area contributed by atoms with Crippen molar-refractivity contribution in [1.29, 1.82) is 0 Å². The van der Waals surface area contributed by atoms with Gasteiger partial charge in [0.05, 0.1) is 0 Å². The molecule has 1 radical (unpaired) electrons. The average molecular weight is 287 g/mol. The Morgan fingerprint density at radius 2 is 1.00 bits per heavy atom. The zero-order valence-corrected chi connectivity index (χ0v) is 7.52. The quantitative estimate of drug-likeness (QED) is 0.437. The molecule has 0 aromatic carbocycles. The Kier molecular flexibility index (Phi) is 164. The predicted octanol–water partition coefficient (Wildman–Crippen LogP) is -2.37. The monoisotopic (exact) mass is 287 g/mol. The maximum Gasteiger partial charge on any atom is 0 e. The van der Waals surface area contributed by atoms with Crippen molar-refractivity contribution in [3.05, 3.63) is 0 Å². The molecular weight excluding hydrogens is 281 g/mol. The molecule has 4 heavy (non-hydrogen) atoms. The minimum Gasteiger partial charge on any atom is 0 e. The van der Waals surface area contributed by atoms with Gasteiger partial charge >= 0.3 is 34.7 Å². The first-order chi connectivity index (χ1) is 0. The zero-order valence-electron chi connectivity index (χ0n) is 1.51. The van der Waals surface area contributed by atoms with Gasteiger partial charge in [0, 0.05) is 36.5 Å². The van der Waals surface area contributed by atoms with Crippen molar-refractivity contribution in [3.63, 3.8) is 0 Å². The molecule has 0 saturated heterocycles. The van der Waals surface area contributed by atoms with Crippen LogP contribution in [0.4, 0.5) is 0 Å². The smallest absolute Gasteiger partial charge is 0 e. The molecule has 0 spiro atoms. The minimum absolute atomic E-state index is 0. The fourth-order valence-electron chi connectivity index (χ4n) is 0. The van der Waals surface area contributed by atoms with E-state index in [-0.39, 0.29) is 71.2 Å². The van der Waals surface area contributed by atoms with Gasteiger partial charge in [0.1, 0.15) is 0 Å². The second kappa shape index (κ2) is 18.9. The summed E-state index contributed by atoms with van der Waals surface area (Å²) in [7, 11) is 0. The summed E-state index contributed by atoms with van der Waals surface area (Å²) >= 11 is 0. The Labute approximate surface area is 70.5 Å². The van der Waals surface area contributed by atoms with Crippen LogP contribution in [0.1, 0.15) is 0 Å². The second-order valence-electron chi connectivity index (χ2n) is 0. The van der Waals surface area contributed by atoms with E-state index >= 15 is 0 Å². The van der Waals surface area contributed by atoms with Crippen LogP contribution < -0.4 is 0 Å². The molecule has 0 fully saturated rings. The van der Waals surface area contributed by atoms with Gasteiger partial charge in [0.15, 0.2) is 0 Å². The third-order valence-corrected chi connectivity index (χ3v) is 0. The molecule has 0 amide bonds. The van der Waals surface area contributed by atoms with E-state index in [0.717, 1.165) is 0 Å². The van der Waals surface area contributed by atoms with Crippen molar-refractivity contribution in [1.82, 2.24) is 0 Å². The fourth-order valence-corrected chi connectivity index (χ4v) is 0. The van der Waals surface area contributed by atoms with Crippen LogP contribution in [-0.4, -0.2) is 34.7 Å². The molecule has 0 nitrogen and oxygen atoms in total. The van der Waals surface area contributed by atoms with Crippen LogP contribution in [0.25, 0.3) is 0 Å². The van der Waals surface area contributed by atoms with E-state index in [2.05, 4.69) is 0 Å². The third-order valence-electron chi connectivity index (χ3n) is 0. The van der Waals surface area contributed by atoms with Gasteiger partial charge in [-0.1, -0.05) is 0 Å². The summed E-state index contributed by atoms with van der Waals surface area (Å²) < 4.78 is 0. The van der Waals surface area contributed by atoms with Gasteiger partial charge in [-0.05, 0) is 0 Å². The fraction of sp³-hybridized carbons (Fsp3) is 0. The molecule has 0 aliphatic rings. The van der Waals surface area contributed by atoms with E-state index in [1.165, 1.54) is 0 Å². The van der Waals surface area contributed by atoms with Gasteiger partial charge < -0.3 is 0 Å². The van der Waals surface area contributed by atoms with E-state index in [9.17, 15) is 0 Å². The van der Waals surface area contributed by atoms with Gasteiger partial charge in [0.25, 0.3) is 0 Å². The van der Waals surface area contributed by atoms with E-state index in [1.807, 2.05) is 0 Å². The zero-order chi connectivity index (χ0) is 0. The van der Waals surface area contributed by atoms with Crippen molar-refractivity contribution in [2.24, 2.45) is 0 Å². The third kappa shape index (κ3) is 8.88. The summed E-state index contributed by atoms with van der Waals surface area (Å²) in [6, 6.07) is 0. The van der Waals surface area contributed by atoms with Crippen LogP contribution >= 0.6 is 0 Å². The summed E-state index contributed by atoms with van der Waals surface area (Å²) in [5, 5.41) is 0. The molecular formula is H6CuGeSeZn. The molecule has 0 heterocycles. The molecule has 0 aliphatic heterocycles. The Balaban J connectivity index is 0. The normalized spacial score (nSPS) is 0. The standard InChI is InChI=1S/Cu.GeH4.H2Se.Zn/h;1H4;1H2;. The first-order valence-corrected chi connectivity index (χ1v) is 0. The van der Waals surface area contributed by atoms with Crippen LogP contribution in [0.3, 0.4) is 0 Å². The summed E-state index contributed by atoms with van der Waals surface area (Å²) in [5.74, 6) is 0. The maximum absolute atomic E-state index is 0. The SMILES string of the molecule is [Cu].[GeH4].[SeH2].[Zn]. The second-order valence-corrected chi connectivity index (χ2v) is 0. The topological polar surface area (TPSA) is 0 Å². The number of hydrogen-bond donors (Lipinski definition) is 0. The first-order valence-electron chi connectivity index (χ1n) is 0. The molecule has 0 aromatic heterocycles. The number of rotatable bonds is 0. The van der Waals surface area contributed by atoms with Crippen molar-refractivity contribution in [2.75, 3.05) is 0 Å². The van der Waals surface area contributed by atoms with Crippen LogP contribution in [0.5, 0.6) is 0 Å². The van der Waals surface area contributed by atoms with Gasteiger partial charge in [-0.2, -0.15) is 0 Å². The van der Waals surface area contributed by atoms with Crippen LogP contribution in [-0.2, 0) is 36.5 Å². The van der Waals surface area contributed by atoms with Crippen LogP contribution in [0.2, 0.25) is 0 Å². The molecule has 29 valence electrons. The Bertz CT molecular complexity index is 8.00. The van der Waals surface area contributed by atoms with Gasteiger partial charge in [-0.25, -0.2) is 0 Å². The van der Waals surface area contributed by atoms with Crippen LogP contribution in [0.15, 0.2) is 0 Å². The van der Waals surface area contributed by atoms with Crippen molar-refractivity contribution in [2.45, 2.75) is 0 Å². The molecule has 0 saturated carbocycles. The maximum atomic E-state index is 0. The predicted molar refractivity (Wildman–Crippen MR) is 19.9 cm³/mol. The molecule has 0 aromatic rings. The van der Waals surface area contributed by atoms with E-state index in [1.54, 1.807) is 0 Å². The van der Waals surface area contributed by atoms with E-state index in [4.69, 9.17) is 0 Å². The molecule has 0 bridgehead atoms. The van der Waals surface area contributed by atoms with Gasteiger partial charge in [0.2, 0.25) is 0 Å². The molecule has 0 N–H and O–H groups in total. The summed E-state index contributed by atoms with van der Waals surface area (Å²) in [5.41, 5.74) is 0. The molecule has 0 atom stereocenters. The van der Waals surface area contributed by atoms with E-state index in [0.29, 0.717) is 0 Å². The Morgan fingerprint density at radius 3 is 1.00 bits per heavy atom. The number of hydrogen-bond acceptors (Lipinski definition) is 0. The summed E-state index contributed by atoms with van der Waals surface area (Å²) in [4.78, 5) is 0. The molecule has 0 unspecified atom stereocenters. The molecule has 4 heteroatoms. The average Bonchev–Trinajstić information content (AvgIpc) is 0. The van der Waals surface area contributed by atoms with E-state index < -0.39 is 0 Å². The van der Waals surface area contributed by atoms with Crippen molar-refractivity contribution >= 4 is 34.7 Å². The Morgan fingerprint density at radius 1 is 1.00 bits per heavy atom. The Hall–Kier alpha value is 2.21. The van der Waals surface area contributed by atoms with Gasteiger partial charge in [-0.3, -0.25) is 0 Å². The van der Waals surface area contributed by atoms with Crippen LogP contribution in [0, 0.1) is 0 Å². The summed E-state index contributed by atoms with van der Waals surface area (Å²) in [6.45, 7) is 0. The largest absolute Gasteiger partial charge is 0 e. The molecule has 0 rings (SSSR count). The van der Waals surface area contributed by atoms with Crippen molar-refractivity contribution < 1.29 is 36.5 Å². The summed E-state index contributed by atoms with van der Waals surface area (Å²) in [6.07, 6.45) is 0. The minimum atomic E-state index is 0. The van der Waals surface area contributed by atoms with Crippen molar-refractivity contribution in [3.8, 4) is 0 Å². The first kappa shape index (κ1) is 34.6. The molecule has 0 aliphatic carbocycles.